The van der Waals surface area contributed by atoms with Crippen molar-refractivity contribution < 1.29 is 24.5 Å². The Labute approximate surface area is 255 Å². The number of aromatic hydroxyl groups is 1. The summed E-state index contributed by atoms with van der Waals surface area (Å²) in [6.45, 7) is 0. The lowest BCUT2D eigenvalue weighted by Crippen LogP contribution is -2.29. The molecule has 1 amide bonds. The Morgan fingerprint density at radius 2 is 1.85 bits per heavy atom. The van der Waals surface area contributed by atoms with Crippen molar-refractivity contribution in [3.63, 3.8) is 0 Å². The first-order valence-corrected chi connectivity index (χ1v) is 14.9. The van der Waals surface area contributed by atoms with Gasteiger partial charge >= 0.3 is 5.91 Å². The van der Waals surface area contributed by atoms with Gasteiger partial charge in [-0.3, -0.25) is 14.5 Å². The monoisotopic (exact) mass is 677 g/mol. The molecule has 5 rings (SSSR count). The molecule has 1 atom stereocenters. The molecule has 1 aliphatic heterocycles. The van der Waals surface area contributed by atoms with Crippen LogP contribution in [0.15, 0.2) is 75.0 Å². The number of anilines is 1. The van der Waals surface area contributed by atoms with Crippen LogP contribution in [0.2, 0.25) is 10.0 Å². The van der Waals surface area contributed by atoms with E-state index in [4.69, 9.17) is 27.9 Å². The number of aromatic nitrogens is 2. The van der Waals surface area contributed by atoms with E-state index in [1.807, 2.05) is 18.2 Å². The number of hydrogen-bond donors (Lipinski definition) is 2. The minimum absolute atomic E-state index is 0.106. The number of Topliss-reactive ketones (excluding diaryl/α,β-unsaturated/α-hetero) is 1. The molecule has 1 unspecified atom stereocenters. The van der Waals surface area contributed by atoms with Gasteiger partial charge < -0.3 is 14.9 Å². The SMILES string of the molecule is COc1cc(C2/C(=C(/O)c3ccc(Cl)cc3)C(=O)C(=O)N2c2nnc(SCc3ccccc3Cl)s2)cc(Br)c1O. The van der Waals surface area contributed by atoms with E-state index in [9.17, 15) is 19.8 Å². The molecule has 0 spiro atoms. The van der Waals surface area contributed by atoms with Crippen LogP contribution in [0, 0.1) is 0 Å². The van der Waals surface area contributed by atoms with Crippen LogP contribution in [0.1, 0.15) is 22.7 Å². The van der Waals surface area contributed by atoms with Gasteiger partial charge in [-0.1, -0.05) is 64.5 Å². The average molecular weight is 679 g/mol. The number of hydrogen-bond acceptors (Lipinski definition) is 9. The largest absolute Gasteiger partial charge is 0.507 e. The number of ether oxygens (including phenoxy) is 1. The second kappa shape index (κ2) is 11.8. The Morgan fingerprint density at radius 1 is 1.12 bits per heavy atom. The summed E-state index contributed by atoms with van der Waals surface area (Å²) in [6, 6.07) is 15.6. The highest BCUT2D eigenvalue weighted by molar-refractivity contribution is 9.10. The molecule has 0 bridgehead atoms. The second-order valence-corrected chi connectivity index (χ2v) is 12.3. The number of methoxy groups -OCH3 is 1. The maximum atomic E-state index is 13.5. The molecule has 4 aromatic rings. The number of amides is 1. The highest BCUT2D eigenvalue weighted by atomic mass is 79.9. The van der Waals surface area contributed by atoms with Crippen molar-refractivity contribution >= 4 is 84.8 Å². The minimum Gasteiger partial charge on any atom is -0.507 e. The van der Waals surface area contributed by atoms with Gasteiger partial charge in [0, 0.05) is 21.4 Å². The highest BCUT2D eigenvalue weighted by Gasteiger charge is 2.48. The molecule has 2 heterocycles. The third kappa shape index (κ3) is 5.44. The number of benzene rings is 3. The fraction of sp³-hybridized carbons (Fsp3) is 0.111. The van der Waals surface area contributed by atoms with Crippen LogP contribution in [0.3, 0.4) is 0 Å². The van der Waals surface area contributed by atoms with Gasteiger partial charge in [-0.25, -0.2) is 0 Å². The van der Waals surface area contributed by atoms with Crippen molar-refractivity contribution in [3.05, 3.63) is 97.4 Å². The van der Waals surface area contributed by atoms with E-state index in [-0.39, 0.29) is 32.4 Å². The summed E-state index contributed by atoms with van der Waals surface area (Å²) in [7, 11) is 1.38. The number of thioether (sulfide) groups is 1. The fourth-order valence-electron chi connectivity index (χ4n) is 4.13. The number of phenols is 1. The third-order valence-electron chi connectivity index (χ3n) is 6.06. The molecule has 204 valence electrons. The molecule has 0 aliphatic carbocycles. The summed E-state index contributed by atoms with van der Waals surface area (Å²) in [4.78, 5) is 28.1. The van der Waals surface area contributed by atoms with Gasteiger partial charge in [-0.2, -0.15) is 0 Å². The number of halogens is 3. The van der Waals surface area contributed by atoms with Gasteiger partial charge in [0.1, 0.15) is 5.76 Å². The summed E-state index contributed by atoms with van der Waals surface area (Å²) >= 11 is 18.1. The molecule has 8 nitrogen and oxygen atoms in total. The lowest BCUT2D eigenvalue weighted by Gasteiger charge is -2.23. The molecule has 0 radical (unpaired) electrons. The smallest absolute Gasteiger partial charge is 0.301 e. The molecule has 40 heavy (non-hydrogen) atoms. The number of nitrogens with zero attached hydrogens (tertiary/aromatic N) is 3. The molecule has 1 aromatic heterocycles. The zero-order chi connectivity index (χ0) is 28.6. The van der Waals surface area contributed by atoms with Crippen LogP contribution < -0.4 is 9.64 Å². The zero-order valence-corrected chi connectivity index (χ0v) is 25.2. The first-order chi connectivity index (χ1) is 19.2. The molecule has 1 aliphatic rings. The Morgan fingerprint density at radius 3 is 2.55 bits per heavy atom. The molecule has 13 heteroatoms. The van der Waals surface area contributed by atoms with E-state index in [0.29, 0.717) is 31.3 Å². The van der Waals surface area contributed by atoms with Crippen molar-refractivity contribution in [2.75, 3.05) is 12.0 Å². The second-order valence-electron chi connectivity index (χ2n) is 8.46. The Hall–Kier alpha value is -3.09. The average Bonchev–Trinajstić information content (AvgIpc) is 3.51. The van der Waals surface area contributed by atoms with Crippen molar-refractivity contribution in [3.8, 4) is 11.5 Å². The van der Waals surface area contributed by atoms with E-state index >= 15 is 0 Å². The van der Waals surface area contributed by atoms with E-state index in [2.05, 4.69) is 26.1 Å². The van der Waals surface area contributed by atoms with Gasteiger partial charge in [-0.05, 0) is 69.5 Å². The van der Waals surface area contributed by atoms with Crippen LogP contribution in [0.5, 0.6) is 11.5 Å². The molecule has 2 N–H and O–H groups in total. The number of phenolic OH excluding ortho intramolecular Hbond substituents is 1. The summed E-state index contributed by atoms with van der Waals surface area (Å²) in [6.07, 6.45) is 0. The topological polar surface area (TPSA) is 113 Å². The Kier molecular flexibility index (Phi) is 8.39. The molecule has 1 fully saturated rings. The lowest BCUT2D eigenvalue weighted by atomic mass is 9.95. The number of carbonyl (C=O) groups is 2. The van der Waals surface area contributed by atoms with Crippen molar-refractivity contribution in [2.24, 2.45) is 0 Å². The normalized spacial score (nSPS) is 16.5. The van der Waals surface area contributed by atoms with Crippen LogP contribution in [-0.4, -0.2) is 39.2 Å². The van der Waals surface area contributed by atoms with Gasteiger partial charge in [-0.15, -0.1) is 10.2 Å². The molecule has 3 aromatic carbocycles. The van der Waals surface area contributed by atoms with Crippen molar-refractivity contribution in [2.45, 2.75) is 16.1 Å². The van der Waals surface area contributed by atoms with Crippen molar-refractivity contribution in [1.82, 2.24) is 10.2 Å². The standard InChI is InChI=1S/C27H18BrCl2N3O5S2/c1-38-19-11-15(10-17(28)23(19)35)21-20(22(34)13-6-8-16(29)9-7-13)24(36)25(37)33(21)26-31-32-27(40-26)39-12-14-4-2-3-5-18(14)30/h2-11,21,34-35H,12H2,1H3/b22-20-. The predicted molar refractivity (Wildman–Crippen MR) is 160 cm³/mol. The summed E-state index contributed by atoms with van der Waals surface area (Å²) in [5, 5.41) is 31.3. The maximum absolute atomic E-state index is 13.5. The van der Waals surface area contributed by atoms with Crippen LogP contribution in [0.4, 0.5) is 5.13 Å². The van der Waals surface area contributed by atoms with Gasteiger partial charge in [0.05, 0.1) is 23.2 Å². The fourth-order valence-corrected chi connectivity index (χ4v) is 6.87. The number of rotatable bonds is 7. The molecular formula is C27H18BrCl2N3O5S2. The number of aliphatic hydroxyl groups excluding tert-OH is 1. The summed E-state index contributed by atoms with van der Waals surface area (Å²) < 4.78 is 6.12. The third-order valence-corrected chi connectivity index (χ3v) is 9.39. The molecule has 1 saturated heterocycles. The number of carbonyl (C=O) groups excluding carboxylic acids is 2. The van der Waals surface area contributed by atoms with E-state index in [1.54, 1.807) is 36.4 Å². The van der Waals surface area contributed by atoms with Gasteiger partial charge in [0.15, 0.2) is 15.8 Å². The predicted octanol–water partition coefficient (Wildman–Crippen LogP) is 7.24. The Bertz CT molecular complexity index is 1660. The number of ketones is 1. The van der Waals surface area contributed by atoms with Gasteiger partial charge in [0.2, 0.25) is 5.13 Å². The first-order valence-electron chi connectivity index (χ1n) is 11.5. The van der Waals surface area contributed by atoms with E-state index in [1.165, 1.54) is 29.8 Å². The summed E-state index contributed by atoms with van der Waals surface area (Å²) in [5.74, 6) is -1.70. The maximum Gasteiger partial charge on any atom is 0.301 e. The molecule has 0 saturated carbocycles. The minimum atomic E-state index is -1.10. The summed E-state index contributed by atoms with van der Waals surface area (Å²) in [5.41, 5.74) is 1.44. The quantitative estimate of drug-likeness (QED) is 0.0692. The zero-order valence-electron chi connectivity index (χ0n) is 20.5. The number of aliphatic hydroxyl groups is 1. The Balaban J connectivity index is 1.60. The molecular weight excluding hydrogens is 661 g/mol. The van der Waals surface area contributed by atoms with Gasteiger partial charge in [0.25, 0.3) is 5.78 Å². The van der Waals surface area contributed by atoms with Crippen LogP contribution in [-0.2, 0) is 15.3 Å². The van der Waals surface area contributed by atoms with Crippen LogP contribution >= 0.6 is 62.2 Å². The lowest BCUT2D eigenvalue weighted by molar-refractivity contribution is -0.132. The highest BCUT2D eigenvalue weighted by Crippen LogP contribution is 2.47. The van der Waals surface area contributed by atoms with Crippen molar-refractivity contribution in [1.29, 1.82) is 0 Å². The first kappa shape index (κ1) is 28.4. The van der Waals surface area contributed by atoms with E-state index < -0.39 is 17.7 Å². The van der Waals surface area contributed by atoms with Crippen LogP contribution in [0.25, 0.3) is 5.76 Å². The van der Waals surface area contributed by atoms with E-state index in [0.717, 1.165) is 16.9 Å².